The highest BCUT2D eigenvalue weighted by Gasteiger charge is 2.24. The lowest BCUT2D eigenvalue weighted by Crippen LogP contribution is -2.34. The van der Waals surface area contributed by atoms with E-state index in [2.05, 4.69) is 5.32 Å². The molecule has 0 heterocycles. The van der Waals surface area contributed by atoms with Crippen molar-refractivity contribution in [3.05, 3.63) is 35.4 Å². The fourth-order valence-corrected chi connectivity index (χ4v) is 2.35. The number of benzene rings is 1. The van der Waals surface area contributed by atoms with E-state index in [1.54, 1.807) is 45.0 Å². The zero-order valence-corrected chi connectivity index (χ0v) is 15.5. The first kappa shape index (κ1) is 21.4. The van der Waals surface area contributed by atoms with Crippen molar-refractivity contribution in [2.45, 2.75) is 51.3 Å². The summed E-state index contributed by atoms with van der Waals surface area (Å²) < 4.78 is 15.6. The molecule has 0 aliphatic carbocycles. The molecule has 0 saturated heterocycles. The molecule has 7 heteroatoms. The minimum absolute atomic E-state index is 0.166. The summed E-state index contributed by atoms with van der Waals surface area (Å²) >= 11 is 0. The third-order valence-corrected chi connectivity index (χ3v) is 3.47. The molecule has 7 nitrogen and oxygen atoms in total. The van der Waals surface area contributed by atoms with Crippen LogP contribution in [0.25, 0.3) is 0 Å². The number of alkyl carbamates (subject to hydrolysis) is 1. The van der Waals surface area contributed by atoms with E-state index in [9.17, 15) is 15.0 Å². The number of carbonyl (C=O) groups is 1. The third-order valence-electron chi connectivity index (χ3n) is 3.47. The van der Waals surface area contributed by atoms with E-state index in [0.717, 1.165) is 0 Å². The van der Waals surface area contributed by atoms with Gasteiger partial charge in [0, 0.05) is 26.3 Å². The Bertz CT molecular complexity index is 539. The summed E-state index contributed by atoms with van der Waals surface area (Å²) in [5, 5.41) is 23.3. The number of hydrogen-bond donors (Lipinski definition) is 3. The molecule has 1 rings (SSSR count). The molecule has 3 N–H and O–H groups in total. The Balaban J connectivity index is 2.65. The molecule has 1 amide bonds. The highest BCUT2D eigenvalue weighted by molar-refractivity contribution is 5.67. The lowest BCUT2D eigenvalue weighted by molar-refractivity contribution is -0.108. The summed E-state index contributed by atoms with van der Waals surface area (Å²) in [6.45, 7) is 5.48. The van der Waals surface area contributed by atoms with Crippen LogP contribution in [0.4, 0.5) is 4.79 Å². The maximum atomic E-state index is 11.6. The summed E-state index contributed by atoms with van der Waals surface area (Å²) in [4.78, 5) is 11.6. The predicted molar refractivity (Wildman–Crippen MR) is 93.0 cm³/mol. The Labute approximate surface area is 148 Å². The van der Waals surface area contributed by atoms with Gasteiger partial charge >= 0.3 is 6.09 Å². The fraction of sp³-hybridized carbons (Fsp3) is 0.611. The van der Waals surface area contributed by atoms with Gasteiger partial charge < -0.3 is 29.7 Å². The van der Waals surface area contributed by atoms with Gasteiger partial charge in [-0.3, -0.25) is 0 Å². The van der Waals surface area contributed by atoms with Crippen LogP contribution in [0.2, 0.25) is 0 Å². The zero-order chi connectivity index (χ0) is 19.0. The molecular formula is C18H29NO6. The van der Waals surface area contributed by atoms with Crippen molar-refractivity contribution in [2.75, 3.05) is 20.8 Å². The summed E-state index contributed by atoms with van der Waals surface area (Å²) in [7, 11) is 3.00. The van der Waals surface area contributed by atoms with Crippen LogP contribution in [0, 0.1) is 0 Å². The van der Waals surface area contributed by atoms with Gasteiger partial charge in [0.15, 0.2) is 6.29 Å². The molecule has 0 radical (unpaired) electrons. The maximum absolute atomic E-state index is 11.6. The molecule has 25 heavy (non-hydrogen) atoms. The van der Waals surface area contributed by atoms with Crippen LogP contribution in [0.5, 0.6) is 0 Å². The van der Waals surface area contributed by atoms with Gasteiger partial charge in [0.25, 0.3) is 0 Å². The second kappa shape index (κ2) is 9.72. The van der Waals surface area contributed by atoms with Crippen LogP contribution >= 0.6 is 0 Å². The number of carbonyl (C=O) groups excluding carboxylic acids is 1. The largest absolute Gasteiger partial charge is 0.444 e. The van der Waals surface area contributed by atoms with Gasteiger partial charge in [-0.05, 0) is 32.8 Å². The number of aliphatic hydroxyl groups is 2. The fourth-order valence-electron chi connectivity index (χ4n) is 2.35. The zero-order valence-electron chi connectivity index (χ0n) is 15.5. The van der Waals surface area contributed by atoms with E-state index in [1.807, 2.05) is 0 Å². The van der Waals surface area contributed by atoms with Gasteiger partial charge in [0.1, 0.15) is 11.7 Å². The molecule has 0 saturated carbocycles. The molecule has 2 unspecified atom stereocenters. The first-order chi connectivity index (χ1) is 11.7. The molecule has 0 fully saturated rings. The average molecular weight is 355 g/mol. The molecule has 142 valence electrons. The van der Waals surface area contributed by atoms with E-state index in [-0.39, 0.29) is 13.0 Å². The summed E-state index contributed by atoms with van der Waals surface area (Å²) in [5.41, 5.74) is 0.566. The molecular weight excluding hydrogens is 326 g/mol. The first-order valence-electron chi connectivity index (χ1n) is 8.17. The Morgan fingerprint density at radius 2 is 1.68 bits per heavy atom. The number of nitrogens with one attached hydrogen (secondary N) is 1. The number of hydrogen-bond acceptors (Lipinski definition) is 6. The molecule has 0 bridgehead atoms. The molecule has 0 aromatic heterocycles. The molecule has 1 aromatic rings. The Morgan fingerprint density at radius 1 is 1.12 bits per heavy atom. The lowest BCUT2D eigenvalue weighted by Gasteiger charge is -2.24. The minimum Gasteiger partial charge on any atom is -0.444 e. The molecule has 2 atom stereocenters. The number of methoxy groups -OCH3 is 2. The van der Waals surface area contributed by atoms with Crippen LogP contribution in [0.3, 0.4) is 0 Å². The van der Waals surface area contributed by atoms with E-state index in [0.29, 0.717) is 11.1 Å². The second-order valence-electron chi connectivity index (χ2n) is 6.66. The van der Waals surface area contributed by atoms with Crippen LogP contribution in [0.1, 0.15) is 50.7 Å². The van der Waals surface area contributed by atoms with E-state index >= 15 is 0 Å². The van der Waals surface area contributed by atoms with Gasteiger partial charge in [-0.15, -0.1) is 0 Å². The molecule has 0 spiro atoms. The van der Waals surface area contributed by atoms with Gasteiger partial charge in [0.2, 0.25) is 0 Å². The highest BCUT2D eigenvalue weighted by atomic mass is 16.7. The van der Waals surface area contributed by atoms with Crippen molar-refractivity contribution in [1.82, 2.24) is 5.32 Å². The number of rotatable bonds is 8. The van der Waals surface area contributed by atoms with Crippen LogP contribution < -0.4 is 5.32 Å². The van der Waals surface area contributed by atoms with Crippen molar-refractivity contribution in [3.63, 3.8) is 0 Å². The quantitative estimate of drug-likeness (QED) is 0.619. The van der Waals surface area contributed by atoms with Crippen molar-refractivity contribution in [1.29, 1.82) is 0 Å². The maximum Gasteiger partial charge on any atom is 0.407 e. The van der Waals surface area contributed by atoms with Gasteiger partial charge in [0.05, 0.1) is 6.10 Å². The number of aliphatic hydroxyl groups excluding tert-OH is 2. The summed E-state index contributed by atoms with van der Waals surface area (Å²) in [6.07, 6.45) is -3.24. The smallest absolute Gasteiger partial charge is 0.407 e. The average Bonchev–Trinajstić information content (AvgIpc) is 2.54. The van der Waals surface area contributed by atoms with E-state index in [1.165, 1.54) is 14.2 Å². The number of amides is 1. The van der Waals surface area contributed by atoms with Crippen LogP contribution in [-0.4, -0.2) is 48.8 Å². The molecule has 0 aliphatic rings. The summed E-state index contributed by atoms with van der Waals surface area (Å²) in [6, 6.07) is 7.03. The van der Waals surface area contributed by atoms with Crippen LogP contribution in [-0.2, 0) is 14.2 Å². The van der Waals surface area contributed by atoms with Crippen molar-refractivity contribution in [3.8, 4) is 0 Å². The Kier molecular flexibility index (Phi) is 8.31. The number of ether oxygens (including phenoxy) is 3. The monoisotopic (exact) mass is 355 g/mol. The van der Waals surface area contributed by atoms with Crippen molar-refractivity contribution in [2.24, 2.45) is 0 Å². The topological polar surface area (TPSA) is 97.3 Å². The van der Waals surface area contributed by atoms with Crippen molar-refractivity contribution < 1.29 is 29.2 Å². The lowest BCUT2D eigenvalue weighted by atomic mass is 9.96. The Hall–Kier alpha value is -1.67. The first-order valence-corrected chi connectivity index (χ1v) is 8.17. The second-order valence-corrected chi connectivity index (χ2v) is 6.66. The normalized spacial score (nSPS) is 14.2. The molecule has 0 aliphatic heterocycles. The molecule has 1 aromatic carbocycles. The van der Waals surface area contributed by atoms with Crippen LogP contribution in [0.15, 0.2) is 24.3 Å². The predicted octanol–water partition coefficient (Wildman–Crippen LogP) is 2.29. The van der Waals surface area contributed by atoms with Crippen molar-refractivity contribution >= 4 is 6.09 Å². The Morgan fingerprint density at radius 3 is 2.20 bits per heavy atom. The summed E-state index contributed by atoms with van der Waals surface area (Å²) in [5.74, 6) is 0. The van der Waals surface area contributed by atoms with E-state index < -0.39 is 30.2 Å². The van der Waals surface area contributed by atoms with Gasteiger partial charge in [-0.1, -0.05) is 24.3 Å². The third kappa shape index (κ3) is 6.99. The minimum atomic E-state index is -1.13. The van der Waals surface area contributed by atoms with Gasteiger partial charge in [-0.25, -0.2) is 4.79 Å². The van der Waals surface area contributed by atoms with Gasteiger partial charge in [-0.2, -0.15) is 0 Å². The highest BCUT2D eigenvalue weighted by Crippen LogP contribution is 2.28. The standard InChI is InChI=1S/C18H29NO6/c1-18(2,3)25-17(22)19-11-10-14(20)15(21)12-8-6-7-9-13(12)16(23-4)24-5/h6-9,14-16,20-21H,10-11H2,1-5H3,(H,19,22). The SMILES string of the molecule is COC(OC)c1ccccc1C(O)C(O)CCNC(=O)OC(C)(C)C. The van der Waals surface area contributed by atoms with E-state index in [4.69, 9.17) is 14.2 Å².